The summed E-state index contributed by atoms with van der Waals surface area (Å²) in [5.41, 5.74) is 0. The van der Waals surface area contributed by atoms with Crippen LogP contribution in [-0.2, 0) is 4.79 Å². The quantitative estimate of drug-likeness (QED) is 0.781. The van der Waals surface area contributed by atoms with Crippen LogP contribution in [0.25, 0.3) is 0 Å². The Balaban J connectivity index is 1.99. The van der Waals surface area contributed by atoms with Crippen molar-refractivity contribution in [2.24, 2.45) is 11.8 Å². The second-order valence-corrected chi connectivity index (χ2v) is 5.36. The minimum absolute atomic E-state index is 0.0897. The zero-order valence-corrected chi connectivity index (χ0v) is 10.4. The van der Waals surface area contributed by atoms with Crippen molar-refractivity contribution >= 4 is 5.97 Å². The summed E-state index contributed by atoms with van der Waals surface area (Å²) in [5.74, 6) is 0.0745. The number of aliphatic carboxylic acids is 1. The smallest absolute Gasteiger partial charge is 0.308 e. The number of carboxylic acids is 1. The van der Waals surface area contributed by atoms with E-state index in [0.29, 0.717) is 12.1 Å². The van der Waals surface area contributed by atoms with Crippen LogP contribution in [0.2, 0.25) is 0 Å². The molecule has 2 aliphatic rings. The molecule has 0 aromatic carbocycles. The van der Waals surface area contributed by atoms with Crippen LogP contribution < -0.4 is 0 Å². The summed E-state index contributed by atoms with van der Waals surface area (Å²) in [6, 6.07) is 0.898. The maximum absolute atomic E-state index is 11.1. The molecule has 0 aromatic heterocycles. The Labute approximate surface area is 97.8 Å². The van der Waals surface area contributed by atoms with Crippen molar-refractivity contribution in [3.05, 3.63) is 0 Å². The number of carbonyl (C=O) groups is 1. The van der Waals surface area contributed by atoms with Crippen molar-refractivity contribution in [3.63, 3.8) is 0 Å². The fourth-order valence-electron chi connectivity index (χ4n) is 3.50. The number of fused-ring (bicyclic) bond motifs is 2. The molecule has 2 rings (SSSR count). The van der Waals surface area contributed by atoms with Gasteiger partial charge in [0.1, 0.15) is 0 Å². The van der Waals surface area contributed by atoms with Gasteiger partial charge in [0, 0.05) is 18.6 Å². The highest BCUT2D eigenvalue weighted by molar-refractivity contribution is 5.71. The second kappa shape index (κ2) is 4.74. The topological polar surface area (TPSA) is 40.5 Å². The Hall–Kier alpha value is -0.570. The fraction of sp³-hybridized carbons (Fsp3) is 0.923. The second-order valence-electron chi connectivity index (χ2n) is 5.36. The summed E-state index contributed by atoms with van der Waals surface area (Å²) in [7, 11) is 0. The SMILES string of the molecule is CCC(CC)CN1C2CCC1C(C(=O)O)C2. The molecule has 2 bridgehead atoms. The van der Waals surface area contributed by atoms with Crippen LogP contribution in [0.3, 0.4) is 0 Å². The van der Waals surface area contributed by atoms with Crippen molar-refractivity contribution in [2.45, 2.75) is 58.0 Å². The van der Waals surface area contributed by atoms with Crippen LogP contribution in [0.15, 0.2) is 0 Å². The molecule has 0 aromatic rings. The van der Waals surface area contributed by atoms with E-state index in [1.165, 1.54) is 19.3 Å². The zero-order valence-electron chi connectivity index (χ0n) is 10.4. The molecule has 3 atom stereocenters. The number of nitrogens with zero attached hydrogens (tertiary/aromatic N) is 1. The molecule has 3 nitrogen and oxygen atoms in total. The first-order chi connectivity index (χ1) is 7.67. The van der Waals surface area contributed by atoms with Gasteiger partial charge in [-0.25, -0.2) is 0 Å². The summed E-state index contributed by atoms with van der Waals surface area (Å²) in [4.78, 5) is 13.6. The third-order valence-electron chi connectivity index (χ3n) is 4.62. The van der Waals surface area contributed by atoms with Crippen LogP contribution in [-0.4, -0.2) is 34.6 Å². The molecular formula is C13H23NO2. The number of carboxylic acid groups (broad SMARTS) is 1. The molecular weight excluding hydrogens is 202 g/mol. The number of rotatable bonds is 5. The molecule has 1 N–H and O–H groups in total. The summed E-state index contributed by atoms with van der Waals surface area (Å²) in [6.07, 6.45) is 5.63. The van der Waals surface area contributed by atoms with Crippen molar-refractivity contribution in [2.75, 3.05) is 6.54 Å². The molecule has 3 heteroatoms. The molecule has 0 spiro atoms. The Morgan fingerprint density at radius 3 is 2.56 bits per heavy atom. The van der Waals surface area contributed by atoms with Crippen LogP contribution in [0.1, 0.15) is 46.0 Å². The highest BCUT2D eigenvalue weighted by atomic mass is 16.4. The van der Waals surface area contributed by atoms with Gasteiger partial charge in [-0.15, -0.1) is 0 Å². The van der Waals surface area contributed by atoms with Gasteiger partial charge in [0.25, 0.3) is 0 Å². The van der Waals surface area contributed by atoms with E-state index in [1.54, 1.807) is 0 Å². The lowest BCUT2D eigenvalue weighted by Crippen LogP contribution is -2.36. The molecule has 0 amide bonds. The maximum Gasteiger partial charge on any atom is 0.308 e. The summed E-state index contributed by atoms with van der Waals surface area (Å²) < 4.78 is 0. The van der Waals surface area contributed by atoms with Crippen LogP contribution in [0.5, 0.6) is 0 Å². The van der Waals surface area contributed by atoms with E-state index in [9.17, 15) is 9.90 Å². The molecule has 92 valence electrons. The average molecular weight is 225 g/mol. The standard InChI is InChI=1S/C13H23NO2/c1-3-9(4-2)8-14-10-5-6-12(14)11(7-10)13(15)16/h9-12H,3-8H2,1-2H3,(H,15,16). The van der Waals surface area contributed by atoms with Gasteiger partial charge in [0.05, 0.1) is 5.92 Å². The number of hydrogen-bond acceptors (Lipinski definition) is 2. The van der Waals surface area contributed by atoms with Gasteiger partial charge < -0.3 is 5.11 Å². The van der Waals surface area contributed by atoms with E-state index in [4.69, 9.17) is 0 Å². The molecule has 16 heavy (non-hydrogen) atoms. The zero-order chi connectivity index (χ0) is 11.7. The van der Waals surface area contributed by atoms with E-state index in [-0.39, 0.29) is 5.92 Å². The average Bonchev–Trinajstić information content (AvgIpc) is 2.82. The summed E-state index contributed by atoms with van der Waals surface area (Å²) in [5, 5.41) is 9.17. The largest absolute Gasteiger partial charge is 0.481 e. The lowest BCUT2D eigenvalue weighted by Gasteiger charge is -2.26. The monoisotopic (exact) mass is 225 g/mol. The first kappa shape index (κ1) is 11.9. The lowest BCUT2D eigenvalue weighted by molar-refractivity contribution is -0.142. The van der Waals surface area contributed by atoms with Gasteiger partial charge in [0.2, 0.25) is 0 Å². The van der Waals surface area contributed by atoms with E-state index >= 15 is 0 Å². The molecule has 2 fully saturated rings. The van der Waals surface area contributed by atoms with Crippen molar-refractivity contribution in [3.8, 4) is 0 Å². The van der Waals surface area contributed by atoms with E-state index in [1.807, 2.05) is 0 Å². The van der Waals surface area contributed by atoms with E-state index in [0.717, 1.165) is 25.3 Å². The van der Waals surface area contributed by atoms with Crippen molar-refractivity contribution in [1.82, 2.24) is 4.90 Å². The molecule has 2 aliphatic heterocycles. The van der Waals surface area contributed by atoms with Gasteiger partial charge in [-0.1, -0.05) is 26.7 Å². The highest BCUT2D eigenvalue weighted by Crippen LogP contribution is 2.42. The predicted molar refractivity (Wildman–Crippen MR) is 63.3 cm³/mol. The molecule has 0 aliphatic carbocycles. The highest BCUT2D eigenvalue weighted by Gasteiger charge is 2.49. The van der Waals surface area contributed by atoms with Crippen LogP contribution >= 0.6 is 0 Å². The Bertz CT molecular complexity index is 263. The number of hydrogen-bond donors (Lipinski definition) is 1. The normalized spacial score (nSPS) is 33.8. The fourth-order valence-corrected chi connectivity index (χ4v) is 3.50. The molecule has 2 heterocycles. The van der Waals surface area contributed by atoms with Crippen molar-refractivity contribution < 1.29 is 9.90 Å². The lowest BCUT2D eigenvalue weighted by atomic mass is 9.89. The Morgan fingerprint density at radius 2 is 2.06 bits per heavy atom. The third-order valence-corrected chi connectivity index (χ3v) is 4.62. The molecule has 0 radical (unpaired) electrons. The third kappa shape index (κ3) is 1.97. The van der Waals surface area contributed by atoms with Gasteiger partial charge in [-0.05, 0) is 25.2 Å². The van der Waals surface area contributed by atoms with Gasteiger partial charge in [-0.3, -0.25) is 9.69 Å². The minimum Gasteiger partial charge on any atom is -0.481 e. The van der Waals surface area contributed by atoms with Gasteiger partial charge >= 0.3 is 5.97 Å². The van der Waals surface area contributed by atoms with E-state index in [2.05, 4.69) is 18.7 Å². The first-order valence-electron chi connectivity index (χ1n) is 6.65. The summed E-state index contributed by atoms with van der Waals surface area (Å²) in [6.45, 7) is 5.59. The Kier molecular flexibility index (Phi) is 3.53. The Morgan fingerprint density at radius 1 is 1.38 bits per heavy atom. The minimum atomic E-state index is -0.582. The van der Waals surface area contributed by atoms with Crippen molar-refractivity contribution in [1.29, 1.82) is 0 Å². The van der Waals surface area contributed by atoms with Gasteiger partial charge in [-0.2, -0.15) is 0 Å². The maximum atomic E-state index is 11.1. The van der Waals surface area contributed by atoms with E-state index < -0.39 is 5.97 Å². The predicted octanol–water partition coefficient (Wildman–Crippen LogP) is 2.36. The molecule has 2 saturated heterocycles. The van der Waals surface area contributed by atoms with Crippen LogP contribution in [0, 0.1) is 11.8 Å². The first-order valence-corrected chi connectivity index (χ1v) is 6.65. The van der Waals surface area contributed by atoms with Crippen LogP contribution in [0.4, 0.5) is 0 Å². The molecule has 0 saturated carbocycles. The molecule has 3 unspecified atom stereocenters. The summed E-state index contributed by atoms with van der Waals surface area (Å²) >= 11 is 0. The van der Waals surface area contributed by atoms with Gasteiger partial charge in [0.15, 0.2) is 0 Å².